The van der Waals surface area contributed by atoms with Crippen molar-refractivity contribution >= 4 is 11.9 Å². The largest absolute Gasteiger partial charge is 0.514 e. The molecule has 0 atom stereocenters. The third-order valence-corrected chi connectivity index (χ3v) is 2.67. The first-order valence-electron chi connectivity index (χ1n) is 6.47. The number of aromatic nitrogens is 2. The topological polar surface area (TPSA) is 53.4 Å². The number of carbonyl (C=O) groups is 1. The van der Waals surface area contributed by atoms with E-state index in [9.17, 15) is 4.79 Å². The molecule has 0 spiro atoms. The Morgan fingerprint density at radius 2 is 2.14 bits per heavy atom. The number of imidazole rings is 1. The molecule has 0 bridgehead atoms. The van der Waals surface area contributed by atoms with Crippen molar-refractivity contribution in [3.8, 4) is 5.69 Å². The normalized spacial score (nSPS) is 11.0. The van der Waals surface area contributed by atoms with E-state index in [-0.39, 0.29) is 6.61 Å². The van der Waals surface area contributed by atoms with E-state index in [0.717, 1.165) is 5.69 Å². The summed E-state index contributed by atoms with van der Waals surface area (Å²) in [6.07, 6.45) is 5.79. The van der Waals surface area contributed by atoms with Crippen LogP contribution < -0.4 is 0 Å². The van der Waals surface area contributed by atoms with E-state index in [1.807, 2.05) is 34.9 Å². The van der Waals surface area contributed by atoms with Crippen molar-refractivity contribution in [2.75, 3.05) is 6.61 Å². The highest BCUT2D eigenvalue weighted by molar-refractivity contribution is 5.71. The van der Waals surface area contributed by atoms with Gasteiger partial charge in [0.2, 0.25) is 0 Å². The highest BCUT2D eigenvalue weighted by Gasteiger charge is 2.15. The average Bonchev–Trinajstić information content (AvgIpc) is 3.00. The zero-order valence-electron chi connectivity index (χ0n) is 11.7. The van der Waals surface area contributed by atoms with Crippen molar-refractivity contribution in [1.29, 1.82) is 0 Å². The third kappa shape index (κ3) is 3.60. The van der Waals surface area contributed by atoms with E-state index in [0.29, 0.717) is 11.6 Å². The Morgan fingerprint density at radius 3 is 2.81 bits per heavy atom. The molecule has 0 unspecified atom stereocenters. The van der Waals surface area contributed by atoms with Crippen LogP contribution in [0.1, 0.15) is 12.7 Å². The highest BCUT2D eigenvalue weighted by Crippen LogP contribution is 2.19. The number of para-hydroxylation sites is 1. The molecule has 0 aliphatic rings. The molecule has 0 aliphatic heterocycles. The van der Waals surface area contributed by atoms with E-state index in [1.54, 1.807) is 25.4 Å². The van der Waals surface area contributed by atoms with Gasteiger partial charge in [0, 0.05) is 18.1 Å². The minimum Gasteiger partial charge on any atom is -0.430 e. The fraction of sp³-hybridized carbons (Fsp3) is 0.125. The summed E-state index contributed by atoms with van der Waals surface area (Å²) in [7, 11) is 0. The molecule has 0 saturated heterocycles. The Hall–Kier alpha value is -2.82. The maximum Gasteiger partial charge on any atom is 0.514 e. The number of allylic oxidation sites excluding steroid dienone is 1. The molecule has 0 N–H and O–H groups in total. The van der Waals surface area contributed by atoms with Crippen molar-refractivity contribution < 1.29 is 14.3 Å². The lowest BCUT2D eigenvalue weighted by molar-refractivity contribution is 0.1000. The first kappa shape index (κ1) is 14.6. The smallest absolute Gasteiger partial charge is 0.430 e. The molecule has 0 saturated carbocycles. The summed E-state index contributed by atoms with van der Waals surface area (Å²) in [5.41, 5.74) is 0.924. The lowest BCUT2D eigenvalue weighted by atomic mass is 10.3. The van der Waals surface area contributed by atoms with Gasteiger partial charge in [-0.15, -0.1) is 0 Å². The van der Waals surface area contributed by atoms with E-state index in [2.05, 4.69) is 11.6 Å². The van der Waals surface area contributed by atoms with E-state index < -0.39 is 6.16 Å². The summed E-state index contributed by atoms with van der Waals surface area (Å²) in [5.74, 6) is 0.858. The second-order valence-corrected chi connectivity index (χ2v) is 4.06. The number of carbonyl (C=O) groups excluding carboxylic acids is 1. The number of hydrogen-bond donors (Lipinski definition) is 0. The second-order valence-electron chi connectivity index (χ2n) is 4.06. The van der Waals surface area contributed by atoms with Crippen molar-refractivity contribution in [2.24, 2.45) is 0 Å². The van der Waals surface area contributed by atoms with Crippen molar-refractivity contribution in [3.63, 3.8) is 0 Å². The number of nitrogens with zero attached hydrogens (tertiary/aromatic N) is 2. The first-order chi connectivity index (χ1) is 10.3. The van der Waals surface area contributed by atoms with Crippen LogP contribution in [-0.4, -0.2) is 22.3 Å². The van der Waals surface area contributed by atoms with E-state index in [4.69, 9.17) is 9.47 Å². The molecule has 108 valence electrons. The van der Waals surface area contributed by atoms with Crippen LogP contribution >= 0.6 is 0 Å². The summed E-state index contributed by atoms with van der Waals surface area (Å²) in [6.45, 7) is 5.34. The van der Waals surface area contributed by atoms with E-state index >= 15 is 0 Å². The molecule has 2 rings (SSSR count). The molecule has 1 aromatic heterocycles. The maximum absolute atomic E-state index is 11.5. The van der Waals surface area contributed by atoms with Gasteiger partial charge in [-0.2, -0.15) is 0 Å². The SMILES string of the molecule is C=CCOC(=O)O/C(=C/C)c1nccn1-c1ccccc1. The van der Waals surface area contributed by atoms with Gasteiger partial charge in [-0.25, -0.2) is 9.78 Å². The molecule has 0 fully saturated rings. The number of hydrogen-bond acceptors (Lipinski definition) is 4. The monoisotopic (exact) mass is 284 g/mol. The van der Waals surface area contributed by atoms with Gasteiger partial charge >= 0.3 is 6.16 Å². The lowest BCUT2D eigenvalue weighted by Gasteiger charge is -2.10. The molecule has 5 heteroatoms. The first-order valence-corrected chi connectivity index (χ1v) is 6.47. The van der Waals surface area contributed by atoms with Gasteiger partial charge in [0.05, 0.1) is 0 Å². The average molecular weight is 284 g/mol. The summed E-state index contributed by atoms with van der Waals surface area (Å²) in [5, 5.41) is 0. The van der Waals surface area contributed by atoms with Crippen molar-refractivity contribution in [3.05, 3.63) is 67.3 Å². The van der Waals surface area contributed by atoms with Gasteiger partial charge in [-0.05, 0) is 25.1 Å². The van der Waals surface area contributed by atoms with Gasteiger partial charge < -0.3 is 9.47 Å². The fourth-order valence-corrected chi connectivity index (χ4v) is 1.76. The van der Waals surface area contributed by atoms with Crippen LogP contribution in [0.25, 0.3) is 11.4 Å². The Balaban J connectivity index is 2.23. The van der Waals surface area contributed by atoms with Crippen LogP contribution in [0.2, 0.25) is 0 Å². The van der Waals surface area contributed by atoms with Crippen LogP contribution in [0.5, 0.6) is 0 Å². The van der Waals surface area contributed by atoms with Gasteiger partial charge in [-0.3, -0.25) is 4.57 Å². The van der Waals surface area contributed by atoms with Gasteiger partial charge in [0.25, 0.3) is 0 Å². The Labute approximate surface area is 123 Å². The van der Waals surface area contributed by atoms with Crippen LogP contribution in [0, 0.1) is 0 Å². The zero-order chi connectivity index (χ0) is 15.1. The summed E-state index contributed by atoms with van der Waals surface area (Å²) in [6, 6.07) is 9.66. The molecule has 1 heterocycles. The van der Waals surface area contributed by atoms with Crippen LogP contribution in [-0.2, 0) is 9.47 Å². The van der Waals surface area contributed by atoms with Gasteiger partial charge in [-0.1, -0.05) is 30.9 Å². The lowest BCUT2D eigenvalue weighted by Crippen LogP contribution is -2.09. The molecule has 1 aromatic carbocycles. The number of benzene rings is 1. The summed E-state index contributed by atoms with van der Waals surface area (Å²) in [4.78, 5) is 15.8. The molecular weight excluding hydrogens is 268 g/mol. The van der Waals surface area contributed by atoms with Gasteiger partial charge in [0.1, 0.15) is 6.61 Å². The predicted octanol–water partition coefficient (Wildman–Crippen LogP) is 3.57. The zero-order valence-corrected chi connectivity index (χ0v) is 11.7. The fourth-order valence-electron chi connectivity index (χ4n) is 1.76. The van der Waals surface area contributed by atoms with Crippen LogP contribution in [0.3, 0.4) is 0 Å². The van der Waals surface area contributed by atoms with Crippen molar-refractivity contribution in [1.82, 2.24) is 9.55 Å². The Bertz CT molecular complexity index is 645. The molecule has 0 amide bonds. The Morgan fingerprint density at radius 1 is 1.38 bits per heavy atom. The van der Waals surface area contributed by atoms with Crippen molar-refractivity contribution in [2.45, 2.75) is 6.92 Å². The van der Waals surface area contributed by atoms with E-state index in [1.165, 1.54) is 6.08 Å². The molecular formula is C16H16N2O3. The highest BCUT2D eigenvalue weighted by atomic mass is 16.7. The molecule has 5 nitrogen and oxygen atoms in total. The molecule has 0 aliphatic carbocycles. The third-order valence-electron chi connectivity index (χ3n) is 2.67. The molecule has 2 aromatic rings. The number of rotatable bonds is 5. The minimum atomic E-state index is -0.786. The maximum atomic E-state index is 11.5. The van der Waals surface area contributed by atoms with Crippen LogP contribution in [0.4, 0.5) is 4.79 Å². The minimum absolute atomic E-state index is 0.100. The summed E-state index contributed by atoms with van der Waals surface area (Å²) >= 11 is 0. The molecule has 0 radical (unpaired) electrons. The van der Waals surface area contributed by atoms with Crippen LogP contribution in [0.15, 0.2) is 61.5 Å². The quantitative estimate of drug-likeness (QED) is 0.478. The number of ether oxygens (including phenoxy) is 2. The molecule has 21 heavy (non-hydrogen) atoms. The predicted molar refractivity (Wildman–Crippen MR) is 79.8 cm³/mol. The Kier molecular flexibility index (Phi) is 4.93. The summed E-state index contributed by atoms with van der Waals surface area (Å²) < 4.78 is 11.8. The van der Waals surface area contributed by atoms with Gasteiger partial charge in [0.15, 0.2) is 11.6 Å². The second kappa shape index (κ2) is 7.09. The standard InChI is InChI=1S/C16H16N2O3/c1-3-12-20-16(19)21-14(4-2)15-17-10-11-18(15)13-8-6-5-7-9-13/h3-11H,1,12H2,2H3/b14-4+.